The SMILES string of the molecule is C=C1CC[C@H]2[C@@](C)(CCC(=O)[C@@]2(C)C=O)[C@@H]1/C=C/C1=CCOC1=O. The normalized spacial score (nSPS) is 39.6. The maximum absolute atomic E-state index is 12.4. The van der Waals surface area contributed by atoms with Crippen molar-refractivity contribution in [3.8, 4) is 0 Å². The lowest BCUT2D eigenvalue weighted by Crippen LogP contribution is -2.54. The second kappa shape index (κ2) is 5.83. The minimum Gasteiger partial charge on any atom is -0.458 e. The van der Waals surface area contributed by atoms with Gasteiger partial charge in [0.25, 0.3) is 0 Å². The van der Waals surface area contributed by atoms with Crippen LogP contribution in [-0.4, -0.2) is 24.6 Å². The van der Waals surface area contributed by atoms with E-state index in [0.717, 1.165) is 31.1 Å². The summed E-state index contributed by atoms with van der Waals surface area (Å²) in [5.74, 6) is -0.186. The molecule has 2 aliphatic carbocycles. The predicted octanol–water partition coefficient (Wildman–Crippen LogP) is 3.18. The van der Waals surface area contributed by atoms with Gasteiger partial charge < -0.3 is 9.53 Å². The number of ether oxygens (including phenoxy) is 1. The van der Waals surface area contributed by atoms with E-state index in [-0.39, 0.29) is 29.0 Å². The molecule has 0 aromatic carbocycles. The minimum absolute atomic E-state index is 0.00779. The van der Waals surface area contributed by atoms with Gasteiger partial charge >= 0.3 is 5.97 Å². The van der Waals surface area contributed by atoms with E-state index in [2.05, 4.69) is 13.5 Å². The Kier molecular flexibility index (Phi) is 4.10. The van der Waals surface area contributed by atoms with Crippen molar-refractivity contribution in [2.45, 2.75) is 39.5 Å². The summed E-state index contributed by atoms with van der Waals surface area (Å²) in [6.45, 7) is 8.50. The van der Waals surface area contributed by atoms with Gasteiger partial charge in [0.1, 0.15) is 18.7 Å². The van der Waals surface area contributed by atoms with Gasteiger partial charge in [-0.25, -0.2) is 4.79 Å². The monoisotopic (exact) mass is 328 g/mol. The third kappa shape index (κ3) is 2.40. The highest BCUT2D eigenvalue weighted by Crippen LogP contribution is 2.59. The van der Waals surface area contributed by atoms with Gasteiger partial charge in [0.15, 0.2) is 0 Å². The van der Waals surface area contributed by atoms with E-state index < -0.39 is 5.41 Å². The number of allylic oxidation sites excluding steroid dienone is 2. The number of fused-ring (bicyclic) bond motifs is 1. The van der Waals surface area contributed by atoms with Crippen LogP contribution in [0.4, 0.5) is 0 Å². The average molecular weight is 328 g/mol. The topological polar surface area (TPSA) is 60.4 Å². The molecule has 0 unspecified atom stereocenters. The molecule has 4 atom stereocenters. The van der Waals surface area contributed by atoms with Crippen LogP contribution < -0.4 is 0 Å². The highest BCUT2D eigenvalue weighted by Gasteiger charge is 2.57. The molecule has 0 aromatic heterocycles. The first-order chi connectivity index (χ1) is 11.3. The Hall–Kier alpha value is -1.97. The quantitative estimate of drug-likeness (QED) is 0.345. The molecular formula is C20H24O4. The number of hydrogen-bond donors (Lipinski definition) is 0. The van der Waals surface area contributed by atoms with Gasteiger partial charge in [-0.2, -0.15) is 0 Å². The lowest BCUT2D eigenvalue weighted by molar-refractivity contribution is -0.150. The third-order valence-corrected chi connectivity index (χ3v) is 6.38. The summed E-state index contributed by atoms with van der Waals surface area (Å²) >= 11 is 0. The molecule has 0 N–H and O–H groups in total. The third-order valence-electron chi connectivity index (χ3n) is 6.38. The van der Waals surface area contributed by atoms with Crippen LogP contribution in [0.15, 0.2) is 36.0 Å². The standard InChI is InChI=1S/C20H24O4/c1-13-4-7-16-19(2,10-8-17(22)20(16,3)12-21)15(13)6-5-14-9-11-24-18(14)23/h5-6,9,12,15-16H,1,4,7-8,10-11H2,2-3H3/b6-5+/t15-,16+,19+,20+/m1/s1. The van der Waals surface area contributed by atoms with E-state index in [1.807, 2.05) is 12.2 Å². The Labute approximate surface area is 142 Å². The van der Waals surface area contributed by atoms with Crippen molar-refractivity contribution in [3.05, 3.63) is 36.0 Å². The largest absolute Gasteiger partial charge is 0.458 e. The van der Waals surface area contributed by atoms with E-state index in [4.69, 9.17) is 4.74 Å². The van der Waals surface area contributed by atoms with E-state index in [1.54, 1.807) is 13.0 Å². The zero-order chi connectivity index (χ0) is 17.5. The van der Waals surface area contributed by atoms with Crippen LogP contribution in [0.3, 0.4) is 0 Å². The van der Waals surface area contributed by atoms with Crippen molar-refractivity contribution in [2.75, 3.05) is 6.61 Å². The molecule has 128 valence electrons. The van der Waals surface area contributed by atoms with Gasteiger partial charge in [0.05, 0.1) is 11.0 Å². The van der Waals surface area contributed by atoms with Crippen LogP contribution in [0.1, 0.15) is 39.5 Å². The number of rotatable bonds is 3. The number of cyclic esters (lactones) is 1. The molecule has 2 saturated carbocycles. The van der Waals surface area contributed by atoms with Gasteiger partial charge in [0.2, 0.25) is 0 Å². The molecule has 2 fully saturated rings. The highest BCUT2D eigenvalue weighted by molar-refractivity contribution is 5.99. The maximum atomic E-state index is 12.4. The van der Waals surface area contributed by atoms with Crippen molar-refractivity contribution >= 4 is 18.0 Å². The summed E-state index contributed by atoms with van der Waals surface area (Å²) in [6, 6.07) is 0. The molecule has 0 bridgehead atoms. The number of Topliss-reactive ketones (excluding diaryl/α,β-unsaturated/α-hetero) is 1. The first kappa shape index (κ1) is 16.9. The lowest BCUT2D eigenvalue weighted by atomic mass is 9.47. The molecule has 0 amide bonds. The molecule has 0 spiro atoms. The van der Waals surface area contributed by atoms with Gasteiger partial charge in [0, 0.05) is 12.3 Å². The zero-order valence-corrected chi connectivity index (χ0v) is 14.3. The van der Waals surface area contributed by atoms with E-state index in [1.165, 1.54) is 0 Å². The van der Waals surface area contributed by atoms with Crippen LogP contribution in [0.2, 0.25) is 0 Å². The van der Waals surface area contributed by atoms with Gasteiger partial charge in [-0.05, 0) is 43.6 Å². The van der Waals surface area contributed by atoms with Crippen LogP contribution in [0, 0.1) is 22.7 Å². The summed E-state index contributed by atoms with van der Waals surface area (Å²) in [5.41, 5.74) is 0.571. The highest BCUT2D eigenvalue weighted by atomic mass is 16.5. The van der Waals surface area contributed by atoms with Crippen molar-refractivity contribution in [1.29, 1.82) is 0 Å². The minimum atomic E-state index is -0.911. The fourth-order valence-corrected chi connectivity index (χ4v) is 4.87. The average Bonchev–Trinajstić information content (AvgIpc) is 2.96. The summed E-state index contributed by atoms with van der Waals surface area (Å²) in [5, 5.41) is 0. The van der Waals surface area contributed by atoms with Crippen molar-refractivity contribution < 1.29 is 19.1 Å². The van der Waals surface area contributed by atoms with E-state index >= 15 is 0 Å². The van der Waals surface area contributed by atoms with Crippen LogP contribution in [-0.2, 0) is 19.1 Å². The predicted molar refractivity (Wildman–Crippen MR) is 90.1 cm³/mol. The first-order valence-electron chi connectivity index (χ1n) is 8.55. The summed E-state index contributed by atoms with van der Waals surface area (Å²) < 4.78 is 4.93. The van der Waals surface area contributed by atoms with Crippen LogP contribution >= 0.6 is 0 Å². The molecule has 0 saturated heterocycles. The smallest absolute Gasteiger partial charge is 0.338 e. The Morgan fingerprint density at radius 2 is 2.04 bits per heavy atom. The zero-order valence-electron chi connectivity index (χ0n) is 14.3. The van der Waals surface area contributed by atoms with Crippen molar-refractivity contribution in [1.82, 2.24) is 0 Å². The Morgan fingerprint density at radius 3 is 2.67 bits per heavy atom. The molecule has 3 rings (SSSR count). The number of aldehydes is 1. The maximum Gasteiger partial charge on any atom is 0.338 e. The fraction of sp³-hybridized carbons (Fsp3) is 0.550. The van der Waals surface area contributed by atoms with E-state index in [9.17, 15) is 14.4 Å². The van der Waals surface area contributed by atoms with Gasteiger partial charge in [-0.3, -0.25) is 4.79 Å². The number of esters is 1. The second-order valence-electron chi connectivity index (χ2n) is 7.67. The number of ketones is 1. The molecule has 4 heteroatoms. The molecule has 0 aromatic rings. The molecule has 4 nitrogen and oxygen atoms in total. The van der Waals surface area contributed by atoms with Gasteiger partial charge in [-0.15, -0.1) is 0 Å². The number of carbonyl (C=O) groups excluding carboxylic acids is 3. The second-order valence-corrected chi connectivity index (χ2v) is 7.67. The van der Waals surface area contributed by atoms with Crippen molar-refractivity contribution in [3.63, 3.8) is 0 Å². The lowest BCUT2D eigenvalue weighted by Gasteiger charge is -2.55. The first-order valence-corrected chi connectivity index (χ1v) is 8.55. The van der Waals surface area contributed by atoms with Crippen LogP contribution in [0.5, 0.6) is 0 Å². The Bertz CT molecular complexity index is 671. The summed E-state index contributed by atoms with van der Waals surface area (Å²) in [7, 11) is 0. The molecule has 0 radical (unpaired) electrons. The Balaban J connectivity index is 1.95. The Morgan fingerprint density at radius 1 is 1.29 bits per heavy atom. The summed E-state index contributed by atoms with van der Waals surface area (Å²) in [4.78, 5) is 35.8. The molecule has 3 aliphatic rings. The van der Waals surface area contributed by atoms with Gasteiger partial charge in [-0.1, -0.05) is 31.2 Å². The molecule has 24 heavy (non-hydrogen) atoms. The summed E-state index contributed by atoms with van der Waals surface area (Å²) in [6.07, 6.45) is 9.23. The fourth-order valence-electron chi connectivity index (χ4n) is 4.87. The van der Waals surface area contributed by atoms with E-state index in [0.29, 0.717) is 18.6 Å². The number of hydrogen-bond acceptors (Lipinski definition) is 4. The number of carbonyl (C=O) groups is 3. The molecule has 1 aliphatic heterocycles. The van der Waals surface area contributed by atoms with Crippen LogP contribution in [0.25, 0.3) is 0 Å². The van der Waals surface area contributed by atoms with Crippen molar-refractivity contribution in [2.24, 2.45) is 22.7 Å². The molecule has 1 heterocycles. The molecular weight excluding hydrogens is 304 g/mol.